The molecular weight excluding hydrogens is 370 g/mol. The third kappa shape index (κ3) is 4.34. The van der Waals surface area contributed by atoms with Crippen LogP contribution in [-0.2, 0) is 0 Å². The average molecular weight is 399 g/mol. The summed E-state index contributed by atoms with van der Waals surface area (Å²) < 4.78 is 16.0. The predicted molar refractivity (Wildman–Crippen MR) is 116 cm³/mol. The van der Waals surface area contributed by atoms with Crippen molar-refractivity contribution in [1.29, 1.82) is 0 Å². The summed E-state index contributed by atoms with van der Waals surface area (Å²) in [5.41, 5.74) is 8.68. The van der Waals surface area contributed by atoms with E-state index >= 15 is 0 Å². The molecule has 1 amide bonds. The molecule has 0 bridgehead atoms. The second-order valence-corrected chi connectivity index (χ2v) is 7.18. The number of piperidine rings is 1. The van der Waals surface area contributed by atoms with Crippen LogP contribution in [0.2, 0.25) is 0 Å². The number of hydrogen-bond donors (Lipinski definition) is 2. The van der Waals surface area contributed by atoms with Crippen molar-refractivity contribution in [3.8, 4) is 17.2 Å². The molecule has 0 aliphatic carbocycles. The quantitative estimate of drug-likeness (QED) is 0.716. The van der Waals surface area contributed by atoms with Crippen LogP contribution < -0.4 is 30.2 Å². The fourth-order valence-corrected chi connectivity index (χ4v) is 3.77. The standard InChI is InChI=1S/C22H29N3O4/c1-14-7-5-6-10-25(14)18-9-8-16(23)13-17(18)24-22(26)15-11-19(27-2)21(29-4)20(12-15)28-3/h8-9,11-14H,5-7,10,23H2,1-4H3,(H,24,26). The van der Waals surface area contributed by atoms with Crippen molar-refractivity contribution in [2.24, 2.45) is 0 Å². The summed E-state index contributed by atoms with van der Waals surface area (Å²) in [6.45, 7) is 3.17. The van der Waals surface area contributed by atoms with Gasteiger partial charge in [0, 0.05) is 23.8 Å². The SMILES string of the molecule is COc1cc(C(=O)Nc2cc(N)ccc2N2CCCCC2C)cc(OC)c1OC. The third-order valence-corrected chi connectivity index (χ3v) is 5.31. The molecule has 156 valence electrons. The Morgan fingerprint density at radius 2 is 1.76 bits per heavy atom. The van der Waals surface area contributed by atoms with Crippen molar-refractivity contribution in [1.82, 2.24) is 0 Å². The zero-order valence-corrected chi connectivity index (χ0v) is 17.5. The van der Waals surface area contributed by atoms with Crippen LogP contribution in [0.15, 0.2) is 30.3 Å². The molecule has 0 spiro atoms. The van der Waals surface area contributed by atoms with E-state index in [4.69, 9.17) is 19.9 Å². The van der Waals surface area contributed by atoms with Gasteiger partial charge in [0.05, 0.1) is 32.7 Å². The summed E-state index contributed by atoms with van der Waals surface area (Å²) in [6, 6.07) is 9.31. The van der Waals surface area contributed by atoms with Gasteiger partial charge < -0.3 is 30.2 Å². The molecule has 0 saturated carbocycles. The first-order valence-electron chi connectivity index (χ1n) is 9.76. The number of benzene rings is 2. The van der Waals surface area contributed by atoms with Gasteiger partial charge in [-0.3, -0.25) is 4.79 Å². The van der Waals surface area contributed by atoms with E-state index in [2.05, 4.69) is 17.1 Å². The van der Waals surface area contributed by atoms with Crippen molar-refractivity contribution in [2.45, 2.75) is 32.2 Å². The topological polar surface area (TPSA) is 86.0 Å². The van der Waals surface area contributed by atoms with Crippen molar-refractivity contribution in [3.05, 3.63) is 35.9 Å². The van der Waals surface area contributed by atoms with Gasteiger partial charge in [0.15, 0.2) is 11.5 Å². The maximum atomic E-state index is 13.1. The number of anilines is 3. The number of nitrogen functional groups attached to an aromatic ring is 1. The minimum atomic E-state index is -0.277. The third-order valence-electron chi connectivity index (χ3n) is 5.31. The molecule has 3 rings (SSSR count). The molecule has 0 radical (unpaired) electrons. The largest absolute Gasteiger partial charge is 0.493 e. The summed E-state index contributed by atoms with van der Waals surface area (Å²) in [7, 11) is 4.57. The molecule has 7 nitrogen and oxygen atoms in total. The van der Waals surface area contributed by atoms with E-state index in [0.29, 0.717) is 40.2 Å². The van der Waals surface area contributed by atoms with Crippen LogP contribution >= 0.6 is 0 Å². The van der Waals surface area contributed by atoms with Crippen LogP contribution in [0, 0.1) is 0 Å². The summed E-state index contributed by atoms with van der Waals surface area (Å²) >= 11 is 0. The van der Waals surface area contributed by atoms with E-state index < -0.39 is 0 Å². The van der Waals surface area contributed by atoms with E-state index in [-0.39, 0.29) is 5.91 Å². The molecule has 2 aromatic rings. The van der Waals surface area contributed by atoms with E-state index in [0.717, 1.165) is 25.1 Å². The van der Waals surface area contributed by atoms with E-state index in [9.17, 15) is 4.79 Å². The molecule has 1 heterocycles. The number of ether oxygens (including phenoxy) is 3. The van der Waals surface area contributed by atoms with Crippen molar-refractivity contribution >= 4 is 23.0 Å². The summed E-state index contributed by atoms with van der Waals surface area (Å²) in [5, 5.41) is 3.01. The number of carbonyl (C=O) groups is 1. The first-order valence-corrected chi connectivity index (χ1v) is 9.76. The zero-order chi connectivity index (χ0) is 21.0. The lowest BCUT2D eigenvalue weighted by atomic mass is 10.0. The first-order chi connectivity index (χ1) is 14.0. The Hall–Kier alpha value is -3.09. The van der Waals surface area contributed by atoms with Gasteiger partial charge in [-0.25, -0.2) is 0 Å². The molecule has 3 N–H and O–H groups in total. The second-order valence-electron chi connectivity index (χ2n) is 7.18. The van der Waals surface area contributed by atoms with Crippen LogP contribution in [0.5, 0.6) is 17.2 Å². The Morgan fingerprint density at radius 1 is 1.07 bits per heavy atom. The number of carbonyl (C=O) groups excluding carboxylic acids is 1. The zero-order valence-electron chi connectivity index (χ0n) is 17.5. The lowest BCUT2D eigenvalue weighted by Crippen LogP contribution is -2.38. The van der Waals surface area contributed by atoms with Gasteiger partial charge in [0.2, 0.25) is 5.75 Å². The van der Waals surface area contributed by atoms with E-state index in [1.807, 2.05) is 12.1 Å². The maximum Gasteiger partial charge on any atom is 0.255 e. The number of nitrogens with one attached hydrogen (secondary N) is 1. The van der Waals surface area contributed by atoms with Crippen LogP contribution in [0.3, 0.4) is 0 Å². The Bertz CT molecular complexity index is 859. The van der Waals surface area contributed by atoms with E-state index in [1.165, 1.54) is 27.8 Å². The van der Waals surface area contributed by atoms with Gasteiger partial charge >= 0.3 is 0 Å². The van der Waals surface area contributed by atoms with Gasteiger partial charge in [0.1, 0.15) is 0 Å². The van der Waals surface area contributed by atoms with Gasteiger partial charge in [-0.1, -0.05) is 0 Å². The molecule has 1 fully saturated rings. The van der Waals surface area contributed by atoms with Crippen molar-refractivity contribution < 1.29 is 19.0 Å². The molecule has 1 atom stereocenters. The predicted octanol–water partition coefficient (Wildman–Crippen LogP) is 3.93. The number of nitrogens with two attached hydrogens (primary N) is 1. The van der Waals surface area contributed by atoms with E-state index in [1.54, 1.807) is 18.2 Å². The molecule has 1 unspecified atom stereocenters. The van der Waals surface area contributed by atoms with Crippen molar-refractivity contribution in [2.75, 3.05) is 43.8 Å². The van der Waals surface area contributed by atoms with Crippen LogP contribution in [0.25, 0.3) is 0 Å². The summed E-state index contributed by atoms with van der Waals surface area (Å²) in [4.78, 5) is 15.4. The summed E-state index contributed by atoms with van der Waals surface area (Å²) in [5.74, 6) is 1.02. The highest BCUT2D eigenvalue weighted by Gasteiger charge is 2.23. The molecule has 1 saturated heterocycles. The normalized spacial score (nSPS) is 16.3. The smallest absolute Gasteiger partial charge is 0.255 e. The Labute approximate surface area is 171 Å². The Kier molecular flexibility index (Phi) is 6.36. The number of rotatable bonds is 6. The highest BCUT2D eigenvalue weighted by molar-refractivity contribution is 6.07. The minimum absolute atomic E-state index is 0.277. The molecule has 29 heavy (non-hydrogen) atoms. The maximum absolute atomic E-state index is 13.1. The van der Waals surface area contributed by atoms with Crippen LogP contribution in [-0.4, -0.2) is 39.8 Å². The number of hydrogen-bond acceptors (Lipinski definition) is 6. The van der Waals surface area contributed by atoms with Crippen LogP contribution in [0.4, 0.5) is 17.1 Å². The van der Waals surface area contributed by atoms with Gasteiger partial charge in [-0.15, -0.1) is 0 Å². The van der Waals surface area contributed by atoms with Gasteiger partial charge in [0.25, 0.3) is 5.91 Å². The molecule has 0 aromatic heterocycles. The van der Waals surface area contributed by atoms with Gasteiger partial charge in [-0.2, -0.15) is 0 Å². The molecular formula is C22H29N3O4. The lowest BCUT2D eigenvalue weighted by Gasteiger charge is -2.36. The summed E-state index contributed by atoms with van der Waals surface area (Å²) in [6.07, 6.45) is 3.49. The first kappa shape index (κ1) is 20.6. The lowest BCUT2D eigenvalue weighted by molar-refractivity contribution is 0.102. The molecule has 1 aliphatic heterocycles. The Balaban J connectivity index is 1.94. The Morgan fingerprint density at radius 3 is 2.34 bits per heavy atom. The average Bonchev–Trinajstić information content (AvgIpc) is 2.73. The van der Waals surface area contributed by atoms with Crippen molar-refractivity contribution in [3.63, 3.8) is 0 Å². The highest BCUT2D eigenvalue weighted by Crippen LogP contribution is 2.39. The molecule has 7 heteroatoms. The monoisotopic (exact) mass is 399 g/mol. The minimum Gasteiger partial charge on any atom is -0.493 e. The fourth-order valence-electron chi connectivity index (χ4n) is 3.77. The molecule has 2 aromatic carbocycles. The fraction of sp³-hybridized carbons (Fsp3) is 0.409. The van der Waals surface area contributed by atoms with Crippen LogP contribution in [0.1, 0.15) is 36.5 Å². The highest BCUT2D eigenvalue weighted by atomic mass is 16.5. The number of methoxy groups -OCH3 is 3. The number of nitrogens with zero attached hydrogens (tertiary/aromatic N) is 1. The van der Waals surface area contributed by atoms with Gasteiger partial charge in [-0.05, 0) is 56.5 Å². The number of amides is 1. The second kappa shape index (κ2) is 8.94. The molecule has 1 aliphatic rings.